The third-order valence-electron chi connectivity index (χ3n) is 5.28. The number of piperidine rings is 1. The lowest BCUT2D eigenvalue weighted by Gasteiger charge is -2.47. The third kappa shape index (κ3) is 2.85. The molecule has 3 aliphatic heterocycles. The molecule has 3 rings (SSSR count). The second-order valence-electron chi connectivity index (χ2n) is 6.63. The Kier molecular flexibility index (Phi) is 4.29. The zero-order valence-electron chi connectivity index (χ0n) is 12.2. The van der Waals surface area contributed by atoms with Gasteiger partial charge in [0.15, 0.2) is 0 Å². The predicted molar refractivity (Wildman–Crippen MR) is 80.2 cm³/mol. The first-order chi connectivity index (χ1) is 9.60. The number of aliphatic carboxylic acids is 1. The Bertz CT molecular complexity index is 370. The van der Waals surface area contributed by atoms with Gasteiger partial charge in [0.1, 0.15) is 0 Å². The first-order valence-electron chi connectivity index (χ1n) is 7.80. The van der Waals surface area contributed by atoms with Gasteiger partial charge in [-0.2, -0.15) is 11.8 Å². The van der Waals surface area contributed by atoms with Crippen molar-refractivity contribution in [3.05, 3.63) is 0 Å². The summed E-state index contributed by atoms with van der Waals surface area (Å²) in [5.41, 5.74) is 0.122. The molecule has 0 amide bonds. The summed E-state index contributed by atoms with van der Waals surface area (Å²) >= 11 is 2.01. The number of carboxylic acids is 1. The van der Waals surface area contributed by atoms with Crippen molar-refractivity contribution in [1.29, 1.82) is 0 Å². The summed E-state index contributed by atoms with van der Waals surface area (Å²) in [5.74, 6) is 1.61. The summed E-state index contributed by atoms with van der Waals surface area (Å²) in [6.45, 7) is 4.00. The Morgan fingerprint density at radius 2 is 2.30 bits per heavy atom. The molecule has 3 fully saturated rings. The summed E-state index contributed by atoms with van der Waals surface area (Å²) < 4.78 is 6.10. The van der Waals surface area contributed by atoms with Crippen molar-refractivity contribution in [2.45, 2.75) is 56.7 Å². The van der Waals surface area contributed by atoms with Crippen LogP contribution in [-0.2, 0) is 9.53 Å². The SMILES string of the molecule is CC1CC(C(=O)O)CCN1C1CCOC2(CCSC2)C1. The molecule has 5 heteroatoms. The van der Waals surface area contributed by atoms with Crippen LogP contribution in [0.4, 0.5) is 0 Å². The number of hydrogen-bond donors (Lipinski definition) is 1. The molecule has 3 saturated heterocycles. The Labute approximate surface area is 125 Å². The highest BCUT2D eigenvalue weighted by atomic mass is 32.2. The van der Waals surface area contributed by atoms with Crippen LogP contribution < -0.4 is 0 Å². The Morgan fingerprint density at radius 1 is 1.45 bits per heavy atom. The maximum absolute atomic E-state index is 11.1. The molecular formula is C15H25NO3S. The number of carbonyl (C=O) groups is 1. The predicted octanol–water partition coefficient (Wildman–Crippen LogP) is 2.23. The van der Waals surface area contributed by atoms with Crippen molar-refractivity contribution in [1.82, 2.24) is 4.90 Å². The highest BCUT2D eigenvalue weighted by Crippen LogP contribution is 2.40. The molecule has 4 unspecified atom stereocenters. The van der Waals surface area contributed by atoms with E-state index in [9.17, 15) is 9.90 Å². The van der Waals surface area contributed by atoms with Crippen LogP contribution in [0.5, 0.6) is 0 Å². The zero-order chi connectivity index (χ0) is 14.2. The molecule has 3 aliphatic rings. The van der Waals surface area contributed by atoms with Gasteiger partial charge in [-0.15, -0.1) is 0 Å². The van der Waals surface area contributed by atoms with Crippen LogP contribution >= 0.6 is 11.8 Å². The van der Waals surface area contributed by atoms with Crippen LogP contribution in [0.25, 0.3) is 0 Å². The number of likely N-dealkylation sites (tertiary alicyclic amines) is 1. The number of rotatable bonds is 2. The molecule has 0 aliphatic carbocycles. The van der Waals surface area contributed by atoms with E-state index < -0.39 is 5.97 Å². The molecule has 4 nitrogen and oxygen atoms in total. The largest absolute Gasteiger partial charge is 0.481 e. The van der Waals surface area contributed by atoms with Gasteiger partial charge in [-0.05, 0) is 51.3 Å². The second-order valence-corrected chi connectivity index (χ2v) is 7.73. The quantitative estimate of drug-likeness (QED) is 0.847. The van der Waals surface area contributed by atoms with Crippen molar-refractivity contribution in [3.8, 4) is 0 Å². The van der Waals surface area contributed by atoms with Crippen molar-refractivity contribution in [2.24, 2.45) is 5.92 Å². The molecule has 1 spiro atoms. The van der Waals surface area contributed by atoms with E-state index in [4.69, 9.17) is 4.74 Å². The standard InChI is InChI=1S/C15H25NO3S/c1-11-8-12(14(17)18)2-5-16(11)13-3-6-19-15(9-13)4-7-20-10-15/h11-13H,2-10H2,1H3,(H,17,18). The summed E-state index contributed by atoms with van der Waals surface area (Å²) in [5, 5.41) is 9.18. The van der Waals surface area contributed by atoms with E-state index in [1.54, 1.807) is 0 Å². The van der Waals surface area contributed by atoms with Crippen LogP contribution in [0.15, 0.2) is 0 Å². The summed E-state index contributed by atoms with van der Waals surface area (Å²) in [6, 6.07) is 0.978. The molecule has 0 bridgehead atoms. The molecular weight excluding hydrogens is 274 g/mol. The lowest BCUT2D eigenvalue weighted by atomic mass is 9.85. The van der Waals surface area contributed by atoms with Gasteiger partial charge >= 0.3 is 5.97 Å². The molecule has 4 atom stereocenters. The first kappa shape index (κ1) is 14.7. The fraction of sp³-hybridized carbons (Fsp3) is 0.933. The molecule has 1 N–H and O–H groups in total. The van der Waals surface area contributed by atoms with Gasteiger partial charge in [-0.3, -0.25) is 9.69 Å². The summed E-state index contributed by atoms with van der Waals surface area (Å²) in [6.07, 6.45) is 5.04. The molecule has 20 heavy (non-hydrogen) atoms. The number of ether oxygens (including phenoxy) is 1. The van der Waals surface area contributed by atoms with E-state index >= 15 is 0 Å². The normalized spacial score (nSPS) is 43.0. The fourth-order valence-electron chi connectivity index (χ4n) is 4.11. The first-order valence-corrected chi connectivity index (χ1v) is 8.95. The molecule has 0 saturated carbocycles. The third-order valence-corrected chi connectivity index (χ3v) is 6.50. The zero-order valence-corrected chi connectivity index (χ0v) is 13.0. The summed E-state index contributed by atoms with van der Waals surface area (Å²) in [4.78, 5) is 13.7. The fourth-order valence-corrected chi connectivity index (χ4v) is 5.48. The van der Waals surface area contributed by atoms with E-state index in [0.717, 1.165) is 44.6 Å². The van der Waals surface area contributed by atoms with E-state index in [0.29, 0.717) is 12.1 Å². The molecule has 114 valence electrons. The summed E-state index contributed by atoms with van der Waals surface area (Å²) in [7, 11) is 0. The van der Waals surface area contributed by atoms with Gasteiger partial charge in [-0.25, -0.2) is 0 Å². The lowest BCUT2D eigenvalue weighted by molar-refractivity contribution is -0.145. The number of hydrogen-bond acceptors (Lipinski definition) is 4. The van der Waals surface area contributed by atoms with Crippen molar-refractivity contribution in [3.63, 3.8) is 0 Å². The molecule has 0 aromatic rings. The van der Waals surface area contributed by atoms with Crippen molar-refractivity contribution in [2.75, 3.05) is 24.7 Å². The maximum atomic E-state index is 11.1. The van der Waals surface area contributed by atoms with E-state index in [1.807, 2.05) is 11.8 Å². The molecule has 0 aromatic heterocycles. The Hall–Kier alpha value is -0.260. The number of carboxylic acid groups (broad SMARTS) is 1. The average Bonchev–Trinajstić information content (AvgIpc) is 2.86. The smallest absolute Gasteiger partial charge is 0.306 e. The number of nitrogens with zero attached hydrogens (tertiary/aromatic N) is 1. The van der Waals surface area contributed by atoms with Crippen LogP contribution in [0.1, 0.15) is 39.0 Å². The molecule has 0 aromatic carbocycles. The Balaban J connectivity index is 1.63. The van der Waals surface area contributed by atoms with Crippen molar-refractivity contribution < 1.29 is 14.6 Å². The van der Waals surface area contributed by atoms with E-state index in [2.05, 4.69) is 11.8 Å². The van der Waals surface area contributed by atoms with E-state index in [1.165, 1.54) is 12.2 Å². The maximum Gasteiger partial charge on any atom is 0.306 e. The van der Waals surface area contributed by atoms with Gasteiger partial charge in [0, 0.05) is 24.4 Å². The van der Waals surface area contributed by atoms with Crippen LogP contribution in [-0.4, -0.2) is 58.3 Å². The van der Waals surface area contributed by atoms with E-state index in [-0.39, 0.29) is 11.5 Å². The monoisotopic (exact) mass is 299 g/mol. The van der Waals surface area contributed by atoms with Gasteiger partial charge in [0.05, 0.1) is 11.5 Å². The molecule has 0 radical (unpaired) electrons. The van der Waals surface area contributed by atoms with Crippen LogP contribution in [0.3, 0.4) is 0 Å². The Morgan fingerprint density at radius 3 is 2.95 bits per heavy atom. The van der Waals surface area contributed by atoms with Crippen molar-refractivity contribution >= 4 is 17.7 Å². The minimum Gasteiger partial charge on any atom is -0.481 e. The second kappa shape index (κ2) is 5.85. The molecule has 3 heterocycles. The van der Waals surface area contributed by atoms with Crippen LogP contribution in [0.2, 0.25) is 0 Å². The van der Waals surface area contributed by atoms with Gasteiger partial charge in [-0.1, -0.05) is 0 Å². The minimum absolute atomic E-state index is 0.122. The number of thioether (sulfide) groups is 1. The van der Waals surface area contributed by atoms with Gasteiger partial charge in [0.25, 0.3) is 0 Å². The average molecular weight is 299 g/mol. The lowest BCUT2D eigenvalue weighted by Crippen LogP contribution is -2.54. The van der Waals surface area contributed by atoms with Gasteiger partial charge < -0.3 is 9.84 Å². The van der Waals surface area contributed by atoms with Crippen LogP contribution in [0, 0.1) is 5.92 Å². The topological polar surface area (TPSA) is 49.8 Å². The highest BCUT2D eigenvalue weighted by Gasteiger charge is 2.43. The highest BCUT2D eigenvalue weighted by molar-refractivity contribution is 7.99. The minimum atomic E-state index is -0.618. The van der Waals surface area contributed by atoms with Gasteiger partial charge in [0.2, 0.25) is 0 Å².